The maximum absolute atomic E-state index is 13.4. The van der Waals surface area contributed by atoms with Gasteiger partial charge in [0.05, 0.1) is 28.9 Å². The summed E-state index contributed by atoms with van der Waals surface area (Å²) in [5, 5.41) is 11.7. The number of rotatable bonds is 5. The minimum Gasteiger partial charge on any atom is -0.507 e. The highest BCUT2D eigenvalue weighted by Gasteiger charge is 2.48. The molecule has 35 heavy (non-hydrogen) atoms. The van der Waals surface area contributed by atoms with Gasteiger partial charge in [-0.25, -0.2) is 4.98 Å². The van der Waals surface area contributed by atoms with E-state index in [1.807, 2.05) is 37.3 Å². The molecule has 3 aromatic carbocycles. The molecule has 176 valence electrons. The highest BCUT2D eigenvalue weighted by atomic mass is 32.1. The number of nitrogens with zero attached hydrogens (tertiary/aromatic N) is 2. The van der Waals surface area contributed by atoms with Gasteiger partial charge >= 0.3 is 5.91 Å². The van der Waals surface area contributed by atoms with Crippen molar-refractivity contribution < 1.29 is 19.4 Å². The van der Waals surface area contributed by atoms with Crippen molar-refractivity contribution in [3.8, 4) is 5.75 Å². The van der Waals surface area contributed by atoms with Gasteiger partial charge in [-0.2, -0.15) is 0 Å². The maximum atomic E-state index is 13.4. The molecule has 0 saturated carbocycles. The van der Waals surface area contributed by atoms with Crippen molar-refractivity contribution in [3.05, 3.63) is 94.6 Å². The first-order valence-electron chi connectivity index (χ1n) is 11.3. The zero-order valence-corrected chi connectivity index (χ0v) is 20.4. The van der Waals surface area contributed by atoms with Crippen LogP contribution in [0.5, 0.6) is 5.75 Å². The van der Waals surface area contributed by atoms with Crippen LogP contribution in [-0.4, -0.2) is 28.9 Å². The van der Waals surface area contributed by atoms with E-state index in [9.17, 15) is 14.7 Å². The lowest BCUT2D eigenvalue weighted by molar-refractivity contribution is -0.132. The van der Waals surface area contributed by atoms with Gasteiger partial charge in [-0.15, -0.1) is 0 Å². The second-order valence-corrected chi connectivity index (χ2v) is 9.47. The summed E-state index contributed by atoms with van der Waals surface area (Å²) in [4.78, 5) is 32.9. The Hall–Kier alpha value is -3.97. The molecular formula is C28H24N2O4S. The number of hydrogen-bond donors (Lipinski definition) is 1. The van der Waals surface area contributed by atoms with E-state index in [2.05, 4.69) is 18.0 Å². The van der Waals surface area contributed by atoms with Crippen molar-refractivity contribution in [2.24, 2.45) is 0 Å². The number of thiazole rings is 1. The Morgan fingerprint density at radius 1 is 1.09 bits per heavy atom. The van der Waals surface area contributed by atoms with Crippen LogP contribution < -0.4 is 9.64 Å². The number of aryl methyl sites for hydroxylation is 2. The third-order valence-electron chi connectivity index (χ3n) is 6.23. The second kappa shape index (κ2) is 9.00. The summed E-state index contributed by atoms with van der Waals surface area (Å²) >= 11 is 1.36. The van der Waals surface area contributed by atoms with E-state index in [1.54, 1.807) is 37.4 Å². The molecule has 0 bridgehead atoms. The number of aliphatic hydroxyl groups excluding tert-OH is 1. The van der Waals surface area contributed by atoms with Crippen molar-refractivity contribution in [2.45, 2.75) is 26.3 Å². The lowest BCUT2D eigenvalue weighted by Crippen LogP contribution is -2.29. The predicted octanol–water partition coefficient (Wildman–Crippen LogP) is 5.80. The molecule has 1 aliphatic rings. The first-order chi connectivity index (χ1) is 16.9. The molecule has 1 aliphatic heterocycles. The third kappa shape index (κ3) is 3.98. The first-order valence-corrected chi connectivity index (χ1v) is 12.1. The van der Waals surface area contributed by atoms with Gasteiger partial charge in [0.25, 0.3) is 5.78 Å². The largest absolute Gasteiger partial charge is 0.507 e. The molecule has 0 spiro atoms. The van der Waals surface area contributed by atoms with Gasteiger partial charge in [-0.05, 0) is 48.7 Å². The zero-order valence-electron chi connectivity index (χ0n) is 19.6. The molecule has 1 saturated heterocycles. The van der Waals surface area contributed by atoms with E-state index in [1.165, 1.54) is 21.8 Å². The van der Waals surface area contributed by atoms with Crippen LogP contribution in [0.15, 0.2) is 72.3 Å². The number of carbonyl (C=O) groups excluding carboxylic acids is 2. The molecule has 1 atom stereocenters. The minimum atomic E-state index is -0.849. The van der Waals surface area contributed by atoms with E-state index in [4.69, 9.17) is 4.74 Å². The quantitative estimate of drug-likeness (QED) is 0.220. The van der Waals surface area contributed by atoms with Crippen LogP contribution >= 0.6 is 11.3 Å². The van der Waals surface area contributed by atoms with Gasteiger partial charge in [0, 0.05) is 5.56 Å². The molecule has 5 rings (SSSR count). The van der Waals surface area contributed by atoms with Crippen LogP contribution in [0.3, 0.4) is 0 Å². The van der Waals surface area contributed by atoms with Crippen LogP contribution in [0.25, 0.3) is 16.0 Å². The number of amides is 1. The number of Topliss-reactive ketones (excluding diaryl/α,β-unsaturated/α-hetero) is 1. The van der Waals surface area contributed by atoms with Gasteiger partial charge in [-0.1, -0.05) is 66.3 Å². The third-order valence-corrected chi connectivity index (χ3v) is 7.25. The summed E-state index contributed by atoms with van der Waals surface area (Å²) in [6.45, 7) is 4.02. The molecule has 1 aromatic heterocycles. The molecule has 6 nitrogen and oxygen atoms in total. The van der Waals surface area contributed by atoms with Crippen molar-refractivity contribution >= 4 is 44.1 Å². The molecule has 2 heterocycles. The fourth-order valence-corrected chi connectivity index (χ4v) is 5.36. The standard InChI is InChI=1S/C28H24N2O4S/c1-4-17-10-13-21-22(14-17)35-28(29-21)30-24(19-6-5-7-20(15-19)34-3)23(26(32)27(30)33)25(31)18-11-8-16(2)9-12-18/h5-15,24,31H,4H2,1-3H3/t24-/m0/s1. The number of anilines is 1. The summed E-state index contributed by atoms with van der Waals surface area (Å²) in [6, 6.07) is 19.5. The van der Waals surface area contributed by atoms with E-state index in [0.717, 1.165) is 22.2 Å². The summed E-state index contributed by atoms with van der Waals surface area (Å²) in [6.07, 6.45) is 0.883. The summed E-state index contributed by atoms with van der Waals surface area (Å²) in [7, 11) is 1.56. The number of aromatic nitrogens is 1. The highest BCUT2D eigenvalue weighted by molar-refractivity contribution is 7.22. The molecule has 1 fully saturated rings. The second-order valence-electron chi connectivity index (χ2n) is 8.46. The van der Waals surface area contributed by atoms with E-state index in [-0.39, 0.29) is 11.3 Å². The van der Waals surface area contributed by atoms with Crippen molar-refractivity contribution in [1.29, 1.82) is 0 Å². The smallest absolute Gasteiger partial charge is 0.301 e. The summed E-state index contributed by atoms with van der Waals surface area (Å²) in [5.41, 5.74) is 4.09. The van der Waals surface area contributed by atoms with Crippen LogP contribution in [-0.2, 0) is 16.0 Å². The Kier molecular flexibility index (Phi) is 5.86. The van der Waals surface area contributed by atoms with Crippen LogP contribution in [0.4, 0.5) is 5.13 Å². The molecule has 4 aromatic rings. The minimum absolute atomic E-state index is 0.0283. The first kappa shape index (κ1) is 22.8. The summed E-state index contributed by atoms with van der Waals surface area (Å²) < 4.78 is 6.33. The number of benzene rings is 3. The van der Waals surface area contributed by atoms with Gasteiger partial charge in [-0.3, -0.25) is 14.5 Å². The Morgan fingerprint density at radius 2 is 1.86 bits per heavy atom. The number of carbonyl (C=O) groups is 2. The van der Waals surface area contributed by atoms with E-state index < -0.39 is 17.7 Å². The Balaban J connectivity index is 1.72. The van der Waals surface area contributed by atoms with Crippen molar-refractivity contribution in [3.63, 3.8) is 0 Å². The number of fused-ring (bicyclic) bond motifs is 1. The Bertz CT molecular complexity index is 1490. The highest BCUT2D eigenvalue weighted by Crippen LogP contribution is 2.44. The average Bonchev–Trinajstić information content (AvgIpc) is 3.41. The van der Waals surface area contributed by atoms with E-state index in [0.29, 0.717) is 22.0 Å². The van der Waals surface area contributed by atoms with Crippen LogP contribution in [0, 0.1) is 6.92 Å². The fraction of sp³-hybridized carbons (Fsp3) is 0.179. The number of aliphatic hydroxyl groups is 1. The number of hydrogen-bond acceptors (Lipinski definition) is 6. The van der Waals surface area contributed by atoms with Gasteiger partial charge in [0.1, 0.15) is 11.5 Å². The van der Waals surface area contributed by atoms with Gasteiger partial charge in [0.2, 0.25) is 0 Å². The number of methoxy groups -OCH3 is 1. The molecule has 0 radical (unpaired) electrons. The SMILES string of the molecule is CCc1ccc2nc(N3C(=O)C(=O)C(=C(O)c4ccc(C)cc4)[C@@H]3c3cccc(OC)c3)sc2c1. The monoisotopic (exact) mass is 484 g/mol. The molecule has 1 N–H and O–H groups in total. The Labute approximate surface area is 207 Å². The zero-order chi connectivity index (χ0) is 24.7. The van der Waals surface area contributed by atoms with Crippen LogP contribution in [0.1, 0.15) is 35.2 Å². The fourth-order valence-electron chi connectivity index (χ4n) is 4.30. The number of ether oxygens (including phenoxy) is 1. The topological polar surface area (TPSA) is 79.7 Å². The average molecular weight is 485 g/mol. The maximum Gasteiger partial charge on any atom is 0.301 e. The van der Waals surface area contributed by atoms with Crippen molar-refractivity contribution in [1.82, 2.24) is 4.98 Å². The molecule has 1 amide bonds. The predicted molar refractivity (Wildman–Crippen MR) is 138 cm³/mol. The van der Waals surface area contributed by atoms with E-state index >= 15 is 0 Å². The lowest BCUT2D eigenvalue weighted by atomic mass is 9.95. The Morgan fingerprint density at radius 3 is 2.57 bits per heavy atom. The molecular weight excluding hydrogens is 460 g/mol. The van der Waals surface area contributed by atoms with Gasteiger partial charge < -0.3 is 9.84 Å². The normalized spacial score (nSPS) is 17.3. The van der Waals surface area contributed by atoms with Crippen molar-refractivity contribution in [2.75, 3.05) is 12.0 Å². The molecule has 0 aliphatic carbocycles. The lowest BCUT2D eigenvalue weighted by Gasteiger charge is -2.23. The molecule has 0 unspecified atom stereocenters. The summed E-state index contributed by atoms with van der Waals surface area (Å²) in [5.74, 6) is -1.10. The van der Waals surface area contributed by atoms with Gasteiger partial charge in [0.15, 0.2) is 5.13 Å². The molecule has 7 heteroatoms. The van der Waals surface area contributed by atoms with Crippen LogP contribution in [0.2, 0.25) is 0 Å². The number of ketones is 1.